The standard InChI is InChI=1S/C21H21N3O3S/c1-16-4-2-5-17(12-16)15-28(26,27)20-9-7-19(8-10-20)24-21(25)23-14-18-6-3-11-22-13-18/h2-13H,14-15H2,1H3,(H2,23,24,25). The average Bonchev–Trinajstić information content (AvgIpc) is 2.67. The zero-order valence-electron chi connectivity index (χ0n) is 15.4. The lowest BCUT2D eigenvalue weighted by molar-refractivity contribution is 0.251. The van der Waals surface area contributed by atoms with Crippen molar-refractivity contribution in [2.75, 3.05) is 5.32 Å². The lowest BCUT2D eigenvalue weighted by Gasteiger charge is -2.09. The molecule has 144 valence electrons. The Morgan fingerprint density at radius 2 is 1.75 bits per heavy atom. The Kier molecular flexibility index (Phi) is 6.06. The van der Waals surface area contributed by atoms with Crippen molar-refractivity contribution in [2.24, 2.45) is 0 Å². The summed E-state index contributed by atoms with van der Waals surface area (Å²) in [4.78, 5) is 16.2. The molecule has 0 unspecified atom stereocenters. The van der Waals surface area contributed by atoms with E-state index in [1.54, 1.807) is 36.7 Å². The fourth-order valence-corrected chi connectivity index (χ4v) is 4.05. The minimum Gasteiger partial charge on any atom is -0.334 e. The Hall–Kier alpha value is -3.19. The molecule has 0 spiro atoms. The van der Waals surface area contributed by atoms with Crippen LogP contribution in [0.25, 0.3) is 0 Å². The van der Waals surface area contributed by atoms with Crippen molar-refractivity contribution in [1.82, 2.24) is 10.3 Å². The van der Waals surface area contributed by atoms with Crippen molar-refractivity contribution in [3.63, 3.8) is 0 Å². The van der Waals surface area contributed by atoms with Crippen molar-refractivity contribution in [3.05, 3.63) is 89.7 Å². The summed E-state index contributed by atoms with van der Waals surface area (Å²) in [6.07, 6.45) is 3.34. The van der Waals surface area contributed by atoms with Gasteiger partial charge in [-0.05, 0) is 48.4 Å². The number of anilines is 1. The maximum atomic E-state index is 12.6. The first-order valence-electron chi connectivity index (χ1n) is 8.74. The van der Waals surface area contributed by atoms with E-state index < -0.39 is 9.84 Å². The van der Waals surface area contributed by atoms with Crippen LogP contribution in [0.15, 0.2) is 78.0 Å². The number of carbonyl (C=O) groups is 1. The molecule has 0 atom stereocenters. The molecule has 7 heteroatoms. The number of aromatic nitrogens is 1. The largest absolute Gasteiger partial charge is 0.334 e. The fourth-order valence-electron chi connectivity index (χ4n) is 2.71. The first-order chi connectivity index (χ1) is 13.4. The van der Waals surface area contributed by atoms with Gasteiger partial charge in [0.05, 0.1) is 10.6 Å². The molecule has 0 aliphatic rings. The first kappa shape index (κ1) is 19.6. The summed E-state index contributed by atoms with van der Waals surface area (Å²) in [6, 6.07) is 16.9. The minimum absolute atomic E-state index is 0.0624. The maximum Gasteiger partial charge on any atom is 0.319 e. The summed E-state index contributed by atoms with van der Waals surface area (Å²) >= 11 is 0. The number of hydrogen-bond donors (Lipinski definition) is 2. The number of benzene rings is 2. The van der Waals surface area contributed by atoms with Crippen LogP contribution in [-0.2, 0) is 22.1 Å². The highest BCUT2D eigenvalue weighted by molar-refractivity contribution is 7.90. The molecule has 2 aromatic carbocycles. The number of rotatable bonds is 6. The van der Waals surface area contributed by atoms with E-state index in [0.717, 1.165) is 16.7 Å². The first-order valence-corrected chi connectivity index (χ1v) is 10.4. The molecule has 0 aliphatic carbocycles. The quantitative estimate of drug-likeness (QED) is 0.666. The molecule has 3 rings (SSSR count). The smallest absolute Gasteiger partial charge is 0.319 e. The highest BCUT2D eigenvalue weighted by atomic mass is 32.2. The fraction of sp³-hybridized carbons (Fsp3) is 0.143. The van der Waals surface area contributed by atoms with Gasteiger partial charge in [0.15, 0.2) is 9.84 Å². The summed E-state index contributed by atoms with van der Waals surface area (Å²) in [6.45, 7) is 2.28. The molecule has 0 saturated heterocycles. The monoisotopic (exact) mass is 395 g/mol. The van der Waals surface area contributed by atoms with Gasteiger partial charge in [-0.15, -0.1) is 0 Å². The lowest BCUT2D eigenvalue weighted by Crippen LogP contribution is -2.28. The Morgan fingerprint density at radius 3 is 2.43 bits per heavy atom. The van der Waals surface area contributed by atoms with Gasteiger partial charge in [-0.3, -0.25) is 4.98 Å². The molecule has 0 bridgehead atoms. The molecule has 0 aliphatic heterocycles. The molecule has 1 aromatic heterocycles. The predicted octanol–water partition coefficient (Wildman–Crippen LogP) is 3.69. The molecule has 0 radical (unpaired) electrons. The minimum atomic E-state index is -3.46. The van der Waals surface area contributed by atoms with E-state index >= 15 is 0 Å². The molecule has 0 fully saturated rings. The number of carbonyl (C=O) groups excluding carboxylic acids is 1. The van der Waals surface area contributed by atoms with Crippen molar-refractivity contribution in [3.8, 4) is 0 Å². The Morgan fingerprint density at radius 1 is 1.00 bits per heavy atom. The topological polar surface area (TPSA) is 88.2 Å². The Labute approximate surface area is 164 Å². The molecule has 6 nitrogen and oxygen atoms in total. The van der Waals surface area contributed by atoms with Gasteiger partial charge in [0.1, 0.15) is 0 Å². The van der Waals surface area contributed by atoms with E-state index in [4.69, 9.17) is 0 Å². The average molecular weight is 395 g/mol. The van der Waals surface area contributed by atoms with Gasteiger partial charge in [0.25, 0.3) is 0 Å². The van der Waals surface area contributed by atoms with Crippen molar-refractivity contribution < 1.29 is 13.2 Å². The number of amides is 2. The molecular weight excluding hydrogens is 374 g/mol. The third-order valence-electron chi connectivity index (χ3n) is 4.09. The zero-order chi connectivity index (χ0) is 20.0. The van der Waals surface area contributed by atoms with Gasteiger partial charge in [0, 0.05) is 24.6 Å². The predicted molar refractivity (Wildman–Crippen MR) is 109 cm³/mol. The summed E-state index contributed by atoms with van der Waals surface area (Å²) in [5.74, 6) is -0.0624. The third kappa shape index (κ3) is 5.40. The molecule has 28 heavy (non-hydrogen) atoms. The Bertz CT molecular complexity index is 1050. The van der Waals surface area contributed by atoms with Gasteiger partial charge in [-0.1, -0.05) is 35.9 Å². The highest BCUT2D eigenvalue weighted by Gasteiger charge is 2.15. The van der Waals surface area contributed by atoms with E-state index in [0.29, 0.717) is 12.2 Å². The molecule has 3 aromatic rings. The van der Waals surface area contributed by atoms with Crippen LogP contribution in [0.4, 0.5) is 10.5 Å². The van der Waals surface area contributed by atoms with Crippen LogP contribution in [-0.4, -0.2) is 19.4 Å². The molecule has 0 saturated carbocycles. The van der Waals surface area contributed by atoms with Crippen LogP contribution >= 0.6 is 0 Å². The summed E-state index contributed by atoms with van der Waals surface area (Å²) in [5.41, 5.74) is 3.16. The second-order valence-corrected chi connectivity index (χ2v) is 8.43. The van der Waals surface area contributed by atoms with E-state index in [2.05, 4.69) is 15.6 Å². The van der Waals surface area contributed by atoms with E-state index in [1.165, 1.54) is 12.1 Å². The zero-order valence-corrected chi connectivity index (χ0v) is 16.2. The lowest BCUT2D eigenvalue weighted by atomic mass is 10.2. The third-order valence-corrected chi connectivity index (χ3v) is 5.79. The van der Waals surface area contributed by atoms with Crippen molar-refractivity contribution >= 4 is 21.6 Å². The van der Waals surface area contributed by atoms with Crippen LogP contribution in [0.1, 0.15) is 16.7 Å². The van der Waals surface area contributed by atoms with Gasteiger partial charge < -0.3 is 10.6 Å². The second kappa shape index (κ2) is 8.67. The number of nitrogens with zero attached hydrogens (tertiary/aromatic N) is 1. The summed E-state index contributed by atoms with van der Waals surface area (Å²) in [5, 5.41) is 5.40. The van der Waals surface area contributed by atoms with Crippen molar-refractivity contribution in [2.45, 2.75) is 24.1 Å². The van der Waals surface area contributed by atoms with E-state index in [1.807, 2.05) is 31.2 Å². The second-order valence-electron chi connectivity index (χ2n) is 6.44. The number of sulfone groups is 1. The van der Waals surface area contributed by atoms with Crippen LogP contribution in [0.3, 0.4) is 0 Å². The van der Waals surface area contributed by atoms with Gasteiger partial charge in [-0.25, -0.2) is 13.2 Å². The SMILES string of the molecule is Cc1cccc(CS(=O)(=O)c2ccc(NC(=O)NCc3cccnc3)cc2)c1. The van der Waals surface area contributed by atoms with Crippen molar-refractivity contribution in [1.29, 1.82) is 0 Å². The highest BCUT2D eigenvalue weighted by Crippen LogP contribution is 2.19. The number of hydrogen-bond acceptors (Lipinski definition) is 4. The number of pyridine rings is 1. The van der Waals surface area contributed by atoms with E-state index in [-0.39, 0.29) is 16.7 Å². The van der Waals surface area contributed by atoms with Crippen LogP contribution in [0.5, 0.6) is 0 Å². The normalized spacial score (nSPS) is 11.0. The number of nitrogens with one attached hydrogen (secondary N) is 2. The molecule has 2 amide bonds. The summed E-state index contributed by atoms with van der Waals surface area (Å²) < 4.78 is 25.2. The van der Waals surface area contributed by atoms with Crippen LogP contribution in [0.2, 0.25) is 0 Å². The molecule has 2 N–H and O–H groups in total. The van der Waals surface area contributed by atoms with Gasteiger partial charge in [-0.2, -0.15) is 0 Å². The maximum absolute atomic E-state index is 12.6. The Balaban J connectivity index is 1.60. The molecular formula is C21H21N3O3S. The van der Waals surface area contributed by atoms with Gasteiger partial charge >= 0.3 is 6.03 Å². The van der Waals surface area contributed by atoms with E-state index in [9.17, 15) is 13.2 Å². The van der Waals surface area contributed by atoms with Crippen LogP contribution in [0, 0.1) is 6.92 Å². The summed E-state index contributed by atoms with van der Waals surface area (Å²) in [7, 11) is -3.46. The van der Waals surface area contributed by atoms with Gasteiger partial charge in [0.2, 0.25) is 0 Å². The number of aryl methyl sites for hydroxylation is 1. The molecule has 1 heterocycles. The number of urea groups is 1. The van der Waals surface area contributed by atoms with Crippen LogP contribution < -0.4 is 10.6 Å².